The Balaban J connectivity index is 0.924. The zero-order valence-electron chi connectivity index (χ0n) is 50.2. The number of aromatic nitrogens is 1. The van der Waals surface area contributed by atoms with E-state index in [1.165, 1.54) is 147 Å². The number of fused-ring (bicyclic) bond motifs is 3. The smallest absolute Gasteiger partial charge is 0.0541 e. The number of rotatable bonds is 16. The first kappa shape index (κ1) is 55.0. The molecule has 0 saturated heterocycles. The second kappa shape index (κ2) is 24.2. The molecule has 1 N–H and O–H groups in total. The number of unbranched alkanes of at least 4 members (excludes halogenated alkanes) is 1. The Morgan fingerprint density at radius 2 is 1.18 bits per heavy atom. The molecule has 0 bridgehead atoms. The summed E-state index contributed by atoms with van der Waals surface area (Å²) < 4.78 is 2.50. The van der Waals surface area contributed by atoms with Gasteiger partial charge in [0.1, 0.15) is 0 Å². The molecule has 1 unspecified atom stereocenters. The summed E-state index contributed by atoms with van der Waals surface area (Å²) in [6.07, 6.45) is 21.9. The second-order valence-corrected chi connectivity index (χ2v) is 23.9. The molecule has 1 atom stereocenters. The van der Waals surface area contributed by atoms with Gasteiger partial charge in [-0.15, -0.1) is 0 Å². The molecule has 0 spiro atoms. The van der Waals surface area contributed by atoms with Crippen molar-refractivity contribution < 1.29 is 0 Å². The van der Waals surface area contributed by atoms with Gasteiger partial charge in [-0.1, -0.05) is 197 Å². The molecule has 0 aliphatic heterocycles. The third-order valence-corrected chi connectivity index (χ3v) is 18.2. The molecule has 1 fully saturated rings. The highest BCUT2D eigenvalue weighted by atomic mass is 15.0. The van der Waals surface area contributed by atoms with Gasteiger partial charge in [0.25, 0.3) is 0 Å². The van der Waals surface area contributed by atoms with E-state index in [1.807, 2.05) is 0 Å². The van der Waals surface area contributed by atoms with E-state index in [4.69, 9.17) is 0 Å². The number of nitrogens with one attached hydrogen (secondary N) is 1. The molecule has 85 heavy (non-hydrogen) atoms. The summed E-state index contributed by atoms with van der Waals surface area (Å²) in [7, 11) is 0. The molecule has 0 amide bonds. The Labute approximate surface area is 504 Å². The van der Waals surface area contributed by atoms with Crippen LogP contribution in [0.5, 0.6) is 0 Å². The Bertz CT molecular complexity index is 4420. The monoisotopic (exact) mass is 1100 g/mol. The van der Waals surface area contributed by atoms with Crippen LogP contribution in [0.1, 0.15) is 106 Å². The van der Waals surface area contributed by atoms with Gasteiger partial charge in [-0.25, -0.2) is 0 Å². The minimum absolute atomic E-state index is 0.571. The summed E-state index contributed by atoms with van der Waals surface area (Å²) in [6, 6.07) is 80.3. The number of nitrogens with zero attached hydrogens (tertiary/aromatic N) is 1. The molecular weight excluding hydrogens is 1020 g/mol. The maximum atomic E-state index is 4.01. The third-order valence-electron chi connectivity index (χ3n) is 18.2. The molecule has 10 aromatic carbocycles. The molecule has 1 saturated carbocycles. The van der Waals surface area contributed by atoms with Gasteiger partial charge in [-0.2, -0.15) is 0 Å². The van der Waals surface area contributed by atoms with Crippen molar-refractivity contribution in [2.45, 2.75) is 92.4 Å². The standard InChI is InChI=1S/C83H76N2/c1-7-10-20-63-36-37-66(61-33-29-55(4)30-34-61)49-76(63)75-54-72(42-32-57(75)6)85-82-45-39-68(60-23-15-12-16-24-60)51-79(82)80-52-69(40-46-83(80)85)64-27-18-28-70(47-64)77-50-67(59-21-13-11-14-22-59)38-44-81(77)84-71-41-43-73(62-25-17-26-62)78(53-71)74-48-65(35-31-56(74)5)58(9-3)19-8-2/h8-9,11-16,18-19,21-24,27-29,31-55,62,84H,7,10,17,20,25-26,30H2,1-6H3/b19-8-,58-9+. The van der Waals surface area contributed by atoms with Crippen LogP contribution in [0.15, 0.2) is 249 Å². The van der Waals surface area contributed by atoms with Crippen LogP contribution >= 0.6 is 0 Å². The molecule has 0 radical (unpaired) electrons. The minimum atomic E-state index is 0.571. The summed E-state index contributed by atoms with van der Waals surface area (Å²) in [4.78, 5) is 0. The molecule has 2 heteroatoms. The lowest BCUT2D eigenvalue weighted by molar-refractivity contribution is 0.420. The van der Waals surface area contributed by atoms with Crippen molar-refractivity contribution in [2.75, 3.05) is 5.32 Å². The van der Waals surface area contributed by atoms with E-state index in [2.05, 4.69) is 300 Å². The largest absolute Gasteiger partial charge is 0.355 e. The SMILES string of the molecule is C/C=C\C(=C/C)c1ccc(C)c(-c2cc(Nc3ccc(-c4ccccc4)cc3-c3cccc(-c4ccc5c(c4)c4cc(-c6ccccc6)ccc4n5-c4ccc(C)c(-c5cc(C6=CCC(C)C=C6)ccc5CCCC)c4)c3)ccc2C2CCC2)c1. The highest BCUT2D eigenvalue weighted by Crippen LogP contribution is 2.46. The number of hydrogen-bond acceptors (Lipinski definition) is 1. The van der Waals surface area contributed by atoms with Crippen LogP contribution in [-0.4, -0.2) is 4.57 Å². The fourth-order valence-corrected chi connectivity index (χ4v) is 13.2. The normalized spacial score (nSPS) is 14.5. The predicted molar refractivity (Wildman–Crippen MR) is 367 cm³/mol. The van der Waals surface area contributed by atoms with E-state index in [9.17, 15) is 0 Å². The van der Waals surface area contributed by atoms with Crippen LogP contribution in [0.2, 0.25) is 0 Å². The van der Waals surface area contributed by atoms with E-state index in [0.29, 0.717) is 11.8 Å². The molecule has 2 aliphatic rings. The predicted octanol–water partition coefficient (Wildman–Crippen LogP) is 23.7. The number of allylic oxidation sites excluding steroid dienone is 8. The lowest BCUT2D eigenvalue weighted by atomic mass is 9.76. The van der Waals surface area contributed by atoms with Crippen molar-refractivity contribution in [3.05, 3.63) is 282 Å². The average Bonchev–Trinajstić information content (AvgIpc) is 2.62. The van der Waals surface area contributed by atoms with Gasteiger partial charge in [0, 0.05) is 33.4 Å². The molecule has 2 aliphatic carbocycles. The maximum Gasteiger partial charge on any atom is 0.0541 e. The first-order valence-corrected chi connectivity index (χ1v) is 31.1. The van der Waals surface area contributed by atoms with Crippen molar-refractivity contribution in [3.63, 3.8) is 0 Å². The zero-order chi connectivity index (χ0) is 58.0. The summed E-state index contributed by atoms with van der Waals surface area (Å²) >= 11 is 0. The van der Waals surface area contributed by atoms with Crippen molar-refractivity contribution in [1.29, 1.82) is 0 Å². The van der Waals surface area contributed by atoms with Crippen LogP contribution < -0.4 is 5.32 Å². The van der Waals surface area contributed by atoms with Crippen LogP contribution in [0, 0.1) is 19.8 Å². The van der Waals surface area contributed by atoms with Crippen molar-refractivity contribution in [2.24, 2.45) is 5.92 Å². The van der Waals surface area contributed by atoms with E-state index in [1.54, 1.807) is 0 Å². The first-order chi connectivity index (χ1) is 41.7. The Morgan fingerprint density at radius 1 is 0.541 bits per heavy atom. The van der Waals surface area contributed by atoms with Crippen molar-refractivity contribution >= 4 is 44.3 Å². The molecule has 1 aromatic heterocycles. The van der Waals surface area contributed by atoms with E-state index < -0.39 is 0 Å². The fourth-order valence-electron chi connectivity index (χ4n) is 13.2. The number of benzene rings is 10. The molecular formula is C83H76N2. The lowest BCUT2D eigenvalue weighted by Crippen LogP contribution is -2.10. The Kier molecular flexibility index (Phi) is 15.6. The van der Waals surface area contributed by atoms with Crippen LogP contribution in [0.25, 0.3) is 105 Å². The number of aryl methyl sites for hydroxylation is 3. The molecule has 2 nitrogen and oxygen atoms in total. The quantitative estimate of drug-likeness (QED) is 0.0954. The first-order valence-electron chi connectivity index (χ1n) is 31.1. The molecule has 13 rings (SSSR count). The molecule has 418 valence electrons. The summed E-state index contributed by atoms with van der Waals surface area (Å²) in [5.74, 6) is 1.15. The average molecular weight is 1100 g/mol. The van der Waals surface area contributed by atoms with Crippen LogP contribution in [0.3, 0.4) is 0 Å². The van der Waals surface area contributed by atoms with Crippen molar-refractivity contribution in [1.82, 2.24) is 4.57 Å². The van der Waals surface area contributed by atoms with Gasteiger partial charge in [-0.05, 0) is 256 Å². The second-order valence-electron chi connectivity index (χ2n) is 23.9. The summed E-state index contributed by atoms with van der Waals surface area (Å²) in [6.45, 7) is 13.4. The van der Waals surface area contributed by atoms with Gasteiger partial charge in [0.15, 0.2) is 0 Å². The lowest BCUT2D eigenvalue weighted by Gasteiger charge is -2.29. The maximum absolute atomic E-state index is 4.01. The molecule has 11 aromatic rings. The Hall–Kier alpha value is -9.24. The van der Waals surface area contributed by atoms with Gasteiger partial charge in [-0.3, -0.25) is 0 Å². The number of hydrogen-bond donors (Lipinski definition) is 1. The van der Waals surface area contributed by atoms with E-state index >= 15 is 0 Å². The van der Waals surface area contributed by atoms with Gasteiger partial charge in [0.05, 0.1) is 11.0 Å². The van der Waals surface area contributed by atoms with Crippen LogP contribution in [-0.2, 0) is 6.42 Å². The van der Waals surface area contributed by atoms with Crippen molar-refractivity contribution in [3.8, 4) is 72.4 Å². The summed E-state index contributed by atoms with van der Waals surface area (Å²) in [5, 5.41) is 6.47. The summed E-state index contributed by atoms with van der Waals surface area (Å²) in [5.41, 5.74) is 31.0. The van der Waals surface area contributed by atoms with Gasteiger partial charge < -0.3 is 9.88 Å². The van der Waals surface area contributed by atoms with Gasteiger partial charge >= 0.3 is 0 Å². The fraction of sp³-hybridized carbons (Fsp3) is 0.181. The Morgan fingerprint density at radius 3 is 1.85 bits per heavy atom. The van der Waals surface area contributed by atoms with Crippen LogP contribution in [0.4, 0.5) is 11.4 Å². The highest BCUT2D eigenvalue weighted by Gasteiger charge is 2.25. The highest BCUT2D eigenvalue weighted by molar-refractivity contribution is 6.12. The number of anilines is 2. The van der Waals surface area contributed by atoms with Gasteiger partial charge in [0.2, 0.25) is 0 Å². The third kappa shape index (κ3) is 11.1. The van der Waals surface area contributed by atoms with E-state index in [0.717, 1.165) is 48.2 Å². The minimum Gasteiger partial charge on any atom is -0.355 e. The zero-order valence-corrected chi connectivity index (χ0v) is 50.2. The van der Waals surface area contributed by atoms with E-state index in [-0.39, 0.29) is 0 Å². The molecule has 1 heterocycles. The topological polar surface area (TPSA) is 17.0 Å².